The van der Waals surface area contributed by atoms with Crippen molar-refractivity contribution in [2.75, 3.05) is 0 Å². The van der Waals surface area contributed by atoms with E-state index in [2.05, 4.69) is 9.97 Å². The number of nitrogens with zero attached hydrogens (tertiary/aromatic N) is 1. The van der Waals surface area contributed by atoms with E-state index in [-0.39, 0.29) is 6.04 Å². The van der Waals surface area contributed by atoms with E-state index in [1.54, 1.807) is 6.20 Å². The Kier molecular flexibility index (Phi) is 1.98. The first kappa shape index (κ1) is 8.53. The van der Waals surface area contributed by atoms with Crippen LogP contribution < -0.4 is 5.73 Å². The summed E-state index contributed by atoms with van der Waals surface area (Å²) < 4.78 is 0. The molecule has 3 nitrogen and oxygen atoms in total. The topological polar surface area (TPSA) is 54.7 Å². The molecule has 0 spiro atoms. The van der Waals surface area contributed by atoms with Gasteiger partial charge in [0.1, 0.15) is 5.65 Å². The molecule has 2 rings (SSSR count). The number of nitrogens with two attached hydrogens (primary N) is 1. The zero-order chi connectivity index (χ0) is 9.42. The number of aromatic nitrogens is 2. The average molecular weight is 196 g/mol. The number of aromatic amines is 1. The predicted octanol–water partition coefficient (Wildman–Crippen LogP) is 2.24. The van der Waals surface area contributed by atoms with E-state index in [9.17, 15) is 0 Å². The van der Waals surface area contributed by atoms with Crippen LogP contribution in [0.25, 0.3) is 11.0 Å². The van der Waals surface area contributed by atoms with Crippen LogP contribution in [0.15, 0.2) is 18.5 Å². The number of pyridine rings is 1. The molecule has 0 fully saturated rings. The maximum Gasteiger partial charge on any atom is 0.137 e. The summed E-state index contributed by atoms with van der Waals surface area (Å²) in [5.41, 5.74) is 7.66. The van der Waals surface area contributed by atoms with Crippen LogP contribution in [0.3, 0.4) is 0 Å². The van der Waals surface area contributed by atoms with Gasteiger partial charge in [-0.2, -0.15) is 0 Å². The third kappa shape index (κ3) is 1.41. The Labute approximate surface area is 80.9 Å². The molecule has 0 aliphatic carbocycles. The van der Waals surface area contributed by atoms with Crippen molar-refractivity contribution < 1.29 is 0 Å². The van der Waals surface area contributed by atoms with Crippen LogP contribution in [0.1, 0.15) is 18.5 Å². The van der Waals surface area contributed by atoms with Crippen molar-refractivity contribution in [3.8, 4) is 0 Å². The van der Waals surface area contributed by atoms with Crippen LogP contribution in [0.4, 0.5) is 0 Å². The number of hydrogen-bond donors (Lipinski definition) is 2. The molecule has 0 unspecified atom stereocenters. The monoisotopic (exact) mass is 195 g/mol. The van der Waals surface area contributed by atoms with Crippen molar-refractivity contribution in [1.29, 1.82) is 0 Å². The SMILES string of the molecule is C[C@H](N)c1c[nH]c2ncc(Cl)cc12. The highest BCUT2D eigenvalue weighted by atomic mass is 35.5. The quantitative estimate of drug-likeness (QED) is 0.733. The first-order valence-electron chi connectivity index (χ1n) is 4.06. The van der Waals surface area contributed by atoms with Crippen molar-refractivity contribution in [2.24, 2.45) is 5.73 Å². The fourth-order valence-corrected chi connectivity index (χ4v) is 1.53. The summed E-state index contributed by atoms with van der Waals surface area (Å²) in [6.07, 6.45) is 3.49. The molecule has 0 saturated heterocycles. The Morgan fingerprint density at radius 3 is 3.08 bits per heavy atom. The molecule has 2 aromatic heterocycles. The number of rotatable bonds is 1. The van der Waals surface area contributed by atoms with E-state index >= 15 is 0 Å². The highest BCUT2D eigenvalue weighted by Crippen LogP contribution is 2.23. The van der Waals surface area contributed by atoms with Gasteiger partial charge in [0.15, 0.2) is 0 Å². The molecule has 0 aliphatic heterocycles. The molecule has 0 aliphatic rings. The minimum atomic E-state index is -0.00554. The molecule has 1 atom stereocenters. The highest BCUT2D eigenvalue weighted by Gasteiger charge is 2.08. The molecule has 68 valence electrons. The zero-order valence-corrected chi connectivity index (χ0v) is 7.97. The average Bonchev–Trinajstić information content (AvgIpc) is 2.46. The van der Waals surface area contributed by atoms with Gasteiger partial charge in [0.05, 0.1) is 5.02 Å². The Morgan fingerprint density at radius 2 is 2.38 bits per heavy atom. The third-order valence-corrected chi connectivity index (χ3v) is 2.23. The number of fused-ring (bicyclic) bond motifs is 1. The van der Waals surface area contributed by atoms with E-state index in [0.717, 1.165) is 16.6 Å². The number of H-pyrrole nitrogens is 1. The van der Waals surface area contributed by atoms with Gasteiger partial charge in [-0.25, -0.2) is 4.98 Å². The molecular weight excluding hydrogens is 186 g/mol. The van der Waals surface area contributed by atoms with Gasteiger partial charge in [-0.05, 0) is 18.6 Å². The molecule has 2 aromatic rings. The number of nitrogens with one attached hydrogen (secondary N) is 1. The standard InChI is InChI=1S/C9H10ClN3/c1-5(11)8-4-13-9-7(8)2-6(10)3-12-9/h2-5H,11H2,1H3,(H,12,13)/t5-/m0/s1. The summed E-state index contributed by atoms with van der Waals surface area (Å²) in [7, 11) is 0. The van der Waals surface area contributed by atoms with E-state index in [0.29, 0.717) is 5.02 Å². The molecular formula is C9H10ClN3. The lowest BCUT2D eigenvalue weighted by Crippen LogP contribution is -2.03. The van der Waals surface area contributed by atoms with Crippen molar-refractivity contribution in [3.05, 3.63) is 29.0 Å². The van der Waals surface area contributed by atoms with Crippen molar-refractivity contribution in [2.45, 2.75) is 13.0 Å². The summed E-state index contributed by atoms with van der Waals surface area (Å²) in [5, 5.41) is 1.64. The largest absolute Gasteiger partial charge is 0.346 e. The Morgan fingerprint density at radius 1 is 1.62 bits per heavy atom. The third-order valence-electron chi connectivity index (χ3n) is 2.02. The normalized spacial score (nSPS) is 13.5. The van der Waals surface area contributed by atoms with E-state index in [1.165, 1.54) is 0 Å². The van der Waals surface area contributed by atoms with Gasteiger partial charge in [0.2, 0.25) is 0 Å². The predicted molar refractivity (Wildman–Crippen MR) is 53.7 cm³/mol. The molecule has 3 N–H and O–H groups in total. The maximum absolute atomic E-state index is 5.84. The number of hydrogen-bond acceptors (Lipinski definition) is 2. The molecule has 0 radical (unpaired) electrons. The Balaban J connectivity index is 2.71. The Bertz CT molecular complexity index is 433. The minimum Gasteiger partial charge on any atom is -0.346 e. The second-order valence-electron chi connectivity index (χ2n) is 3.08. The van der Waals surface area contributed by atoms with Crippen LogP contribution in [0.2, 0.25) is 5.02 Å². The van der Waals surface area contributed by atoms with Gasteiger partial charge in [0, 0.05) is 23.8 Å². The van der Waals surface area contributed by atoms with Gasteiger partial charge in [-0.3, -0.25) is 0 Å². The summed E-state index contributed by atoms with van der Waals surface area (Å²) in [6, 6.07) is 1.87. The van der Waals surface area contributed by atoms with Gasteiger partial charge in [0.25, 0.3) is 0 Å². The summed E-state index contributed by atoms with van der Waals surface area (Å²) >= 11 is 5.84. The zero-order valence-electron chi connectivity index (χ0n) is 7.21. The first-order valence-corrected chi connectivity index (χ1v) is 4.44. The lowest BCUT2D eigenvalue weighted by Gasteiger charge is -2.01. The summed E-state index contributed by atoms with van der Waals surface area (Å²) in [5.74, 6) is 0. The van der Waals surface area contributed by atoms with Crippen LogP contribution in [0.5, 0.6) is 0 Å². The molecule has 0 bridgehead atoms. The molecule has 0 aromatic carbocycles. The van der Waals surface area contributed by atoms with E-state index in [4.69, 9.17) is 17.3 Å². The molecule has 2 heterocycles. The van der Waals surface area contributed by atoms with E-state index in [1.807, 2.05) is 19.2 Å². The smallest absolute Gasteiger partial charge is 0.137 e. The molecule has 4 heteroatoms. The minimum absolute atomic E-state index is 0.00554. The summed E-state index contributed by atoms with van der Waals surface area (Å²) in [6.45, 7) is 1.93. The van der Waals surface area contributed by atoms with E-state index < -0.39 is 0 Å². The molecule has 13 heavy (non-hydrogen) atoms. The summed E-state index contributed by atoms with van der Waals surface area (Å²) in [4.78, 5) is 7.19. The van der Waals surface area contributed by atoms with Crippen LogP contribution in [-0.4, -0.2) is 9.97 Å². The van der Waals surface area contributed by atoms with Gasteiger partial charge >= 0.3 is 0 Å². The lowest BCUT2D eigenvalue weighted by molar-refractivity contribution is 0.826. The Hall–Kier alpha value is -1.06. The van der Waals surface area contributed by atoms with Gasteiger partial charge < -0.3 is 10.7 Å². The molecule has 0 amide bonds. The van der Waals surface area contributed by atoms with Crippen LogP contribution in [-0.2, 0) is 0 Å². The second kappa shape index (κ2) is 3.01. The first-order chi connectivity index (χ1) is 6.18. The molecule has 0 saturated carbocycles. The van der Waals surface area contributed by atoms with Crippen LogP contribution >= 0.6 is 11.6 Å². The maximum atomic E-state index is 5.84. The second-order valence-corrected chi connectivity index (χ2v) is 3.52. The lowest BCUT2D eigenvalue weighted by atomic mass is 10.1. The van der Waals surface area contributed by atoms with Gasteiger partial charge in [-0.15, -0.1) is 0 Å². The van der Waals surface area contributed by atoms with Crippen molar-refractivity contribution >= 4 is 22.6 Å². The fraction of sp³-hybridized carbons (Fsp3) is 0.222. The fourth-order valence-electron chi connectivity index (χ4n) is 1.37. The van der Waals surface area contributed by atoms with Crippen molar-refractivity contribution in [3.63, 3.8) is 0 Å². The van der Waals surface area contributed by atoms with Crippen molar-refractivity contribution in [1.82, 2.24) is 9.97 Å². The highest BCUT2D eigenvalue weighted by molar-refractivity contribution is 6.31. The van der Waals surface area contributed by atoms with Crippen LogP contribution in [0, 0.1) is 0 Å². The number of halogens is 1. The van der Waals surface area contributed by atoms with Gasteiger partial charge in [-0.1, -0.05) is 11.6 Å².